The third-order valence-electron chi connectivity index (χ3n) is 3.61. The summed E-state index contributed by atoms with van der Waals surface area (Å²) in [6.45, 7) is 2.20. The second-order valence-corrected chi connectivity index (χ2v) is 4.86. The molecule has 0 aromatic carbocycles. The molecular formula is C14H18N4. The maximum atomic E-state index is 4.81. The Morgan fingerprint density at radius 2 is 2.11 bits per heavy atom. The summed E-state index contributed by atoms with van der Waals surface area (Å²) in [4.78, 5) is 8.96. The van der Waals surface area contributed by atoms with E-state index in [-0.39, 0.29) is 0 Å². The number of hydrogen-bond donors (Lipinski definition) is 1. The van der Waals surface area contributed by atoms with Gasteiger partial charge in [-0.1, -0.05) is 6.07 Å². The van der Waals surface area contributed by atoms with E-state index < -0.39 is 0 Å². The van der Waals surface area contributed by atoms with Crippen LogP contribution >= 0.6 is 0 Å². The number of imidazole rings is 1. The molecule has 2 aromatic heterocycles. The first-order valence-electron chi connectivity index (χ1n) is 6.49. The van der Waals surface area contributed by atoms with E-state index in [2.05, 4.69) is 28.5 Å². The topological polar surface area (TPSA) is 42.7 Å². The van der Waals surface area contributed by atoms with Crippen LogP contribution in [0.5, 0.6) is 0 Å². The van der Waals surface area contributed by atoms with E-state index in [1.54, 1.807) is 0 Å². The zero-order valence-electron chi connectivity index (χ0n) is 10.6. The van der Waals surface area contributed by atoms with Crippen molar-refractivity contribution >= 4 is 0 Å². The maximum absolute atomic E-state index is 4.81. The van der Waals surface area contributed by atoms with Gasteiger partial charge < -0.3 is 9.88 Å². The van der Waals surface area contributed by atoms with Gasteiger partial charge in [0.1, 0.15) is 0 Å². The molecule has 1 aliphatic heterocycles. The quantitative estimate of drug-likeness (QED) is 0.875. The molecule has 4 heteroatoms. The van der Waals surface area contributed by atoms with Gasteiger partial charge in [-0.05, 0) is 38.1 Å². The van der Waals surface area contributed by atoms with Crippen molar-refractivity contribution in [3.63, 3.8) is 0 Å². The Kier molecular flexibility index (Phi) is 3.11. The van der Waals surface area contributed by atoms with Gasteiger partial charge in [-0.2, -0.15) is 0 Å². The van der Waals surface area contributed by atoms with Crippen LogP contribution in [0.15, 0.2) is 30.7 Å². The highest BCUT2D eigenvalue weighted by molar-refractivity contribution is 5.53. The Bertz CT molecular complexity index is 526. The van der Waals surface area contributed by atoms with Gasteiger partial charge in [0.2, 0.25) is 0 Å². The van der Waals surface area contributed by atoms with Crippen molar-refractivity contribution in [3.8, 4) is 11.4 Å². The van der Waals surface area contributed by atoms with E-state index in [1.807, 2.05) is 24.1 Å². The van der Waals surface area contributed by atoms with Gasteiger partial charge in [0, 0.05) is 18.7 Å². The summed E-state index contributed by atoms with van der Waals surface area (Å²) in [5.41, 5.74) is 3.31. The molecule has 1 saturated heterocycles. The number of hydrogen-bond acceptors (Lipinski definition) is 3. The number of piperidine rings is 1. The molecule has 0 bridgehead atoms. The lowest BCUT2D eigenvalue weighted by atomic mass is 9.94. The van der Waals surface area contributed by atoms with E-state index in [9.17, 15) is 0 Å². The molecule has 3 rings (SSSR count). The minimum absolute atomic E-state index is 0.597. The van der Waals surface area contributed by atoms with Crippen molar-refractivity contribution < 1.29 is 0 Å². The molecule has 2 aromatic rings. The number of aryl methyl sites for hydroxylation is 1. The average molecular weight is 242 g/mol. The second kappa shape index (κ2) is 4.90. The highest BCUT2D eigenvalue weighted by atomic mass is 15.0. The first-order valence-corrected chi connectivity index (χ1v) is 6.49. The number of nitrogens with zero attached hydrogens (tertiary/aromatic N) is 3. The highest BCUT2D eigenvalue weighted by Gasteiger charge is 2.17. The summed E-state index contributed by atoms with van der Waals surface area (Å²) in [5.74, 6) is 0.597. The van der Waals surface area contributed by atoms with Gasteiger partial charge >= 0.3 is 0 Å². The molecule has 0 aliphatic carbocycles. The first kappa shape index (κ1) is 11.4. The van der Waals surface area contributed by atoms with Crippen LogP contribution in [0.2, 0.25) is 0 Å². The number of pyridine rings is 1. The fraction of sp³-hybridized carbons (Fsp3) is 0.429. The fourth-order valence-electron chi connectivity index (χ4n) is 2.54. The van der Waals surface area contributed by atoms with E-state index in [0.717, 1.165) is 24.5 Å². The molecule has 94 valence electrons. The van der Waals surface area contributed by atoms with Gasteiger partial charge in [-0.15, -0.1) is 0 Å². The molecule has 0 unspecified atom stereocenters. The molecule has 1 aliphatic rings. The highest BCUT2D eigenvalue weighted by Crippen LogP contribution is 2.25. The third kappa shape index (κ3) is 2.16. The summed E-state index contributed by atoms with van der Waals surface area (Å²) in [6, 6.07) is 6.31. The fourth-order valence-corrected chi connectivity index (χ4v) is 2.54. The minimum atomic E-state index is 0.597. The van der Waals surface area contributed by atoms with Gasteiger partial charge in [0.15, 0.2) is 0 Å². The van der Waals surface area contributed by atoms with Crippen molar-refractivity contribution in [1.82, 2.24) is 19.9 Å². The lowest BCUT2D eigenvalue weighted by molar-refractivity contribution is 0.453. The third-order valence-corrected chi connectivity index (χ3v) is 3.61. The Balaban J connectivity index is 1.91. The maximum Gasteiger partial charge on any atom is 0.0948 e. The SMILES string of the molecule is Cn1cncc1-c1cccc(C2CCNCC2)n1. The Morgan fingerprint density at radius 3 is 2.83 bits per heavy atom. The number of rotatable bonds is 2. The van der Waals surface area contributed by atoms with E-state index in [0.29, 0.717) is 5.92 Å². The predicted molar refractivity (Wildman–Crippen MR) is 71.3 cm³/mol. The summed E-state index contributed by atoms with van der Waals surface area (Å²) in [6.07, 6.45) is 6.05. The van der Waals surface area contributed by atoms with Crippen molar-refractivity contribution in [1.29, 1.82) is 0 Å². The normalized spacial score (nSPS) is 16.9. The average Bonchev–Trinajstić information content (AvgIpc) is 2.86. The first-order chi connectivity index (χ1) is 8.84. The van der Waals surface area contributed by atoms with Gasteiger partial charge in [-0.3, -0.25) is 4.98 Å². The molecule has 3 heterocycles. The standard InChI is InChI=1S/C14H18N4/c1-18-10-16-9-14(18)13-4-2-3-12(17-13)11-5-7-15-8-6-11/h2-4,9-11,15H,5-8H2,1H3. The lowest BCUT2D eigenvalue weighted by Gasteiger charge is -2.22. The van der Waals surface area contributed by atoms with Crippen LogP contribution in [0.3, 0.4) is 0 Å². The zero-order chi connectivity index (χ0) is 12.4. The van der Waals surface area contributed by atoms with E-state index in [4.69, 9.17) is 4.98 Å². The van der Waals surface area contributed by atoms with Gasteiger partial charge in [0.05, 0.1) is 23.9 Å². The Morgan fingerprint density at radius 1 is 1.28 bits per heavy atom. The number of aromatic nitrogens is 3. The monoisotopic (exact) mass is 242 g/mol. The van der Waals surface area contributed by atoms with Crippen LogP contribution < -0.4 is 5.32 Å². The lowest BCUT2D eigenvalue weighted by Crippen LogP contribution is -2.27. The van der Waals surface area contributed by atoms with Crippen LogP contribution in [-0.4, -0.2) is 27.6 Å². The van der Waals surface area contributed by atoms with Crippen LogP contribution in [0.4, 0.5) is 0 Å². The van der Waals surface area contributed by atoms with Crippen LogP contribution in [-0.2, 0) is 7.05 Å². The number of nitrogens with one attached hydrogen (secondary N) is 1. The molecule has 4 nitrogen and oxygen atoms in total. The Hall–Kier alpha value is -1.68. The predicted octanol–water partition coefficient (Wildman–Crippen LogP) is 1.95. The molecular weight excluding hydrogens is 224 g/mol. The molecule has 0 spiro atoms. The van der Waals surface area contributed by atoms with Crippen LogP contribution in [0.1, 0.15) is 24.5 Å². The summed E-state index contributed by atoms with van der Waals surface area (Å²) in [5, 5.41) is 3.39. The Labute approximate surface area is 107 Å². The molecule has 0 saturated carbocycles. The summed E-state index contributed by atoms with van der Waals surface area (Å²) in [7, 11) is 2.00. The van der Waals surface area contributed by atoms with E-state index >= 15 is 0 Å². The van der Waals surface area contributed by atoms with Crippen LogP contribution in [0, 0.1) is 0 Å². The molecule has 0 radical (unpaired) electrons. The largest absolute Gasteiger partial charge is 0.332 e. The van der Waals surface area contributed by atoms with Crippen molar-refractivity contribution in [2.45, 2.75) is 18.8 Å². The second-order valence-electron chi connectivity index (χ2n) is 4.86. The zero-order valence-corrected chi connectivity index (χ0v) is 10.6. The molecule has 1 N–H and O–H groups in total. The van der Waals surface area contributed by atoms with Crippen LogP contribution in [0.25, 0.3) is 11.4 Å². The van der Waals surface area contributed by atoms with Gasteiger partial charge in [-0.25, -0.2) is 4.98 Å². The van der Waals surface area contributed by atoms with Gasteiger partial charge in [0.25, 0.3) is 0 Å². The van der Waals surface area contributed by atoms with Crippen molar-refractivity contribution in [2.24, 2.45) is 7.05 Å². The minimum Gasteiger partial charge on any atom is -0.332 e. The van der Waals surface area contributed by atoms with E-state index in [1.165, 1.54) is 18.5 Å². The molecule has 1 fully saturated rings. The molecule has 0 amide bonds. The summed E-state index contributed by atoms with van der Waals surface area (Å²) >= 11 is 0. The van der Waals surface area contributed by atoms with Crippen molar-refractivity contribution in [2.75, 3.05) is 13.1 Å². The summed E-state index contributed by atoms with van der Waals surface area (Å²) < 4.78 is 2.01. The van der Waals surface area contributed by atoms with Crippen molar-refractivity contribution in [3.05, 3.63) is 36.4 Å². The molecule has 18 heavy (non-hydrogen) atoms. The smallest absolute Gasteiger partial charge is 0.0948 e. The molecule has 0 atom stereocenters.